The number of rotatable bonds is 2. The zero-order valence-electron chi connectivity index (χ0n) is 7.30. The Morgan fingerprint density at radius 2 is 2.07 bits per heavy atom. The molecule has 14 heavy (non-hydrogen) atoms. The molecule has 2 aromatic rings. The van der Waals surface area contributed by atoms with Crippen molar-refractivity contribution in [1.82, 2.24) is 0 Å². The predicted octanol–water partition coefficient (Wildman–Crippen LogP) is 1.69. The number of thiophene rings is 1. The molecule has 1 aromatic carbocycles. The Bertz CT molecular complexity index is 557. The maximum Gasteiger partial charge on any atom is 0.213 e. The molecule has 0 aliphatic heterocycles. The van der Waals surface area contributed by atoms with Crippen molar-refractivity contribution in [1.29, 1.82) is 0 Å². The van der Waals surface area contributed by atoms with E-state index in [0.717, 1.165) is 15.6 Å². The van der Waals surface area contributed by atoms with Gasteiger partial charge in [-0.15, -0.1) is 11.3 Å². The van der Waals surface area contributed by atoms with Crippen LogP contribution >= 0.6 is 11.3 Å². The number of hydrogen-bond acceptors (Lipinski definition) is 3. The lowest BCUT2D eigenvalue weighted by Crippen LogP contribution is -2.14. The fourth-order valence-corrected chi connectivity index (χ4v) is 2.82. The average Bonchev–Trinajstić information content (AvgIpc) is 2.47. The summed E-state index contributed by atoms with van der Waals surface area (Å²) in [6.07, 6.45) is 0. The Morgan fingerprint density at radius 1 is 1.29 bits per heavy atom. The molecular weight excluding hydrogens is 218 g/mol. The number of hydrogen-bond donors (Lipinski definition) is 1. The summed E-state index contributed by atoms with van der Waals surface area (Å²) in [5, 5.41) is 8.07. The molecule has 1 aromatic heterocycles. The maximum atomic E-state index is 10.9. The zero-order valence-corrected chi connectivity index (χ0v) is 8.94. The fraction of sp³-hybridized carbons (Fsp3) is 0.111. The molecule has 0 fully saturated rings. The van der Waals surface area contributed by atoms with Crippen LogP contribution in [0.25, 0.3) is 10.1 Å². The highest BCUT2D eigenvalue weighted by Gasteiger charge is 2.05. The van der Waals surface area contributed by atoms with Gasteiger partial charge >= 0.3 is 0 Å². The lowest BCUT2D eigenvalue weighted by Gasteiger charge is -1.98. The van der Waals surface area contributed by atoms with Crippen LogP contribution < -0.4 is 5.14 Å². The third-order valence-corrected chi connectivity index (χ3v) is 3.50. The van der Waals surface area contributed by atoms with Crippen LogP contribution in [-0.4, -0.2) is 8.42 Å². The minimum Gasteiger partial charge on any atom is -0.228 e. The van der Waals surface area contributed by atoms with Gasteiger partial charge in [-0.1, -0.05) is 12.1 Å². The summed E-state index contributed by atoms with van der Waals surface area (Å²) in [5.41, 5.74) is 0.738. The zero-order chi connectivity index (χ0) is 10.2. The van der Waals surface area contributed by atoms with Crippen LogP contribution in [0.4, 0.5) is 0 Å². The molecule has 0 unspecified atom stereocenters. The molecule has 0 radical (unpaired) electrons. The second kappa shape index (κ2) is 3.34. The first-order valence-electron chi connectivity index (χ1n) is 4.01. The van der Waals surface area contributed by atoms with Crippen LogP contribution in [0.1, 0.15) is 5.56 Å². The topological polar surface area (TPSA) is 60.2 Å². The minimum atomic E-state index is -3.42. The van der Waals surface area contributed by atoms with Gasteiger partial charge in [-0.3, -0.25) is 0 Å². The molecule has 0 saturated carbocycles. The van der Waals surface area contributed by atoms with Crippen LogP contribution in [0.2, 0.25) is 0 Å². The van der Waals surface area contributed by atoms with Gasteiger partial charge in [0.2, 0.25) is 10.0 Å². The fourth-order valence-electron chi connectivity index (χ4n) is 1.32. The second-order valence-electron chi connectivity index (χ2n) is 3.10. The Balaban J connectivity index is 2.44. The van der Waals surface area contributed by atoms with E-state index in [1.807, 2.05) is 23.6 Å². The Kier molecular flexibility index (Phi) is 2.30. The van der Waals surface area contributed by atoms with Crippen molar-refractivity contribution < 1.29 is 8.42 Å². The van der Waals surface area contributed by atoms with Gasteiger partial charge in [-0.2, -0.15) is 0 Å². The maximum absolute atomic E-state index is 10.9. The molecule has 0 bridgehead atoms. The van der Waals surface area contributed by atoms with Crippen LogP contribution in [0, 0.1) is 0 Å². The number of fused-ring (bicyclic) bond motifs is 1. The van der Waals surface area contributed by atoms with Crippen molar-refractivity contribution in [3.05, 3.63) is 35.2 Å². The molecule has 5 heteroatoms. The lowest BCUT2D eigenvalue weighted by atomic mass is 10.2. The van der Waals surface area contributed by atoms with Gasteiger partial charge in [0.05, 0.1) is 5.75 Å². The van der Waals surface area contributed by atoms with E-state index in [0.29, 0.717) is 0 Å². The van der Waals surface area contributed by atoms with Gasteiger partial charge in [0, 0.05) is 4.70 Å². The highest BCUT2D eigenvalue weighted by Crippen LogP contribution is 2.22. The molecule has 3 nitrogen and oxygen atoms in total. The van der Waals surface area contributed by atoms with Gasteiger partial charge in [-0.05, 0) is 28.5 Å². The normalized spacial score (nSPS) is 12.1. The summed E-state index contributed by atoms with van der Waals surface area (Å²) in [5.74, 6) is -0.0964. The van der Waals surface area contributed by atoms with E-state index in [1.54, 1.807) is 17.4 Å². The standard InChI is InChI=1S/C9H9NO2S2/c10-14(11,12)6-7-1-2-8-3-4-13-9(8)5-7/h1-5H,6H2,(H2,10,11,12). The van der Waals surface area contributed by atoms with E-state index < -0.39 is 10.0 Å². The van der Waals surface area contributed by atoms with E-state index in [1.165, 1.54) is 0 Å². The molecule has 0 aliphatic rings. The number of sulfonamides is 1. The van der Waals surface area contributed by atoms with Gasteiger partial charge in [0.1, 0.15) is 0 Å². The van der Waals surface area contributed by atoms with Crippen molar-refractivity contribution in [2.75, 3.05) is 0 Å². The predicted molar refractivity (Wildman–Crippen MR) is 58.6 cm³/mol. The van der Waals surface area contributed by atoms with Gasteiger partial charge < -0.3 is 0 Å². The minimum absolute atomic E-state index is 0.0964. The van der Waals surface area contributed by atoms with Crippen molar-refractivity contribution in [2.45, 2.75) is 5.75 Å². The van der Waals surface area contributed by atoms with Crippen LogP contribution in [0.3, 0.4) is 0 Å². The third kappa shape index (κ3) is 2.12. The summed E-state index contributed by atoms with van der Waals surface area (Å²) in [6.45, 7) is 0. The monoisotopic (exact) mass is 227 g/mol. The Morgan fingerprint density at radius 3 is 2.79 bits per heavy atom. The summed E-state index contributed by atoms with van der Waals surface area (Å²) >= 11 is 1.59. The van der Waals surface area contributed by atoms with Gasteiger partial charge in [-0.25, -0.2) is 13.6 Å². The molecular formula is C9H9NO2S2. The van der Waals surface area contributed by atoms with Crippen molar-refractivity contribution in [2.24, 2.45) is 5.14 Å². The van der Waals surface area contributed by atoms with E-state index in [-0.39, 0.29) is 5.75 Å². The summed E-state index contributed by atoms with van der Waals surface area (Å²) in [7, 11) is -3.42. The number of primary sulfonamides is 1. The molecule has 74 valence electrons. The largest absolute Gasteiger partial charge is 0.228 e. The van der Waals surface area contributed by atoms with Crippen LogP contribution in [0.15, 0.2) is 29.6 Å². The molecule has 0 aliphatic carbocycles. The Hall–Kier alpha value is -0.910. The van der Waals surface area contributed by atoms with E-state index in [4.69, 9.17) is 5.14 Å². The first kappa shape index (κ1) is 9.64. The number of nitrogens with two attached hydrogens (primary N) is 1. The molecule has 0 atom stereocenters. The molecule has 2 N–H and O–H groups in total. The molecule has 2 rings (SSSR count). The summed E-state index contributed by atoms with van der Waals surface area (Å²) in [4.78, 5) is 0. The average molecular weight is 227 g/mol. The highest BCUT2D eigenvalue weighted by atomic mass is 32.2. The van der Waals surface area contributed by atoms with Crippen molar-refractivity contribution in [3.8, 4) is 0 Å². The molecule has 0 amide bonds. The van der Waals surface area contributed by atoms with Gasteiger partial charge in [0.25, 0.3) is 0 Å². The SMILES string of the molecule is NS(=O)(=O)Cc1ccc2ccsc2c1. The van der Waals surface area contributed by atoms with E-state index >= 15 is 0 Å². The van der Waals surface area contributed by atoms with E-state index in [2.05, 4.69) is 0 Å². The lowest BCUT2D eigenvalue weighted by molar-refractivity contribution is 0.597. The van der Waals surface area contributed by atoms with Crippen LogP contribution in [0.5, 0.6) is 0 Å². The summed E-state index contributed by atoms with van der Waals surface area (Å²) in [6, 6.07) is 7.57. The molecule has 0 saturated heterocycles. The summed E-state index contributed by atoms with van der Waals surface area (Å²) < 4.78 is 22.8. The van der Waals surface area contributed by atoms with Crippen molar-refractivity contribution >= 4 is 31.4 Å². The Labute approximate surface area is 86.2 Å². The van der Waals surface area contributed by atoms with Crippen molar-refractivity contribution in [3.63, 3.8) is 0 Å². The first-order valence-corrected chi connectivity index (χ1v) is 6.61. The molecule has 1 heterocycles. The number of benzene rings is 1. The van der Waals surface area contributed by atoms with E-state index in [9.17, 15) is 8.42 Å². The first-order chi connectivity index (χ1) is 6.54. The van der Waals surface area contributed by atoms with Crippen LogP contribution in [-0.2, 0) is 15.8 Å². The highest BCUT2D eigenvalue weighted by molar-refractivity contribution is 7.88. The van der Waals surface area contributed by atoms with Gasteiger partial charge in [0.15, 0.2) is 0 Å². The third-order valence-electron chi connectivity index (χ3n) is 1.89. The smallest absolute Gasteiger partial charge is 0.213 e. The quantitative estimate of drug-likeness (QED) is 0.848. The molecule has 0 spiro atoms. The second-order valence-corrected chi connectivity index (χ2v) is 5.66.